The van der Waals surface area contributed by atoms with Crippen molar-refractivity contribution in [3.8, 4) is 0 Å². The maximum absolute atomic E-state index is 10.7. The molecule has 70 valence electrons. The van der Waals surface area contributed by atoms with Crippen LogP contribution >= 0.6 is 0 Å². The summed E-state index contributed by atoms with van der Waals surface area (Å²) < 4.78 is 0. The van der Waals surface area contributed by atoms with Crippen LogP contribution in [0.4, 0.5) is 0 Å². The van der Waals surface area contributed by atoms with E-state index in [2.05, 4.69) is 18.8 Å². The van der Waals surface area contributed by atoms with Crippen molar-refractivity contribution in [2.24, 2.45) is 11.7 Å². The Morgan fingerprint density at radius 3 is 2.83 bits per heavy atom. The Morgan fingerprint density at radius 1 is 1.75 bits per heavy atom. The third kappa shape index (κ3) is 4.91. The Morgan fingerprint density at radius 2 is 2.42 bits per heavy atom. The summed E-state index contributed by atoms with van der Waals surface area (Å²) in [4.78, 5) is 10.7. The van der Waals surface area contributed by atoms with Gasteiger partial charge < -0.3 is 11.1 Å². The second-order valence-corrected chi connectivity index (χ2v) is 2.75. The molecule has 0 radical (unpaired) electrons. The molecular weight excluding hydrogens is 152 g/mol. The molecule has 0 rings (SSSR count). The van der Waals surface area contributed by atoms with Gasteiger partial charge in [0.25, 0.3) is 0 Å². The number of allylic oxidation sites excluding steroid dienone is 1. The van der Waals surface area contributed by atoms with Gasteiger partial charge in [-0.2, -0.15) is 0 Å². The number of hydrogen-bond acceptors (Lipinski definition) is 2. The van der Waals surface area contributed by atoms with E-state index in [0.29, 0.717) is 12.5 Å². The molecule has 0 saturated heterocycles. The Bertz CT molecular complexity index is 145. The van der Waals surface area contributed by atoms with Crippen LogP contribution < -0.4 is 11.1 Å². The van der Waals surface area contributed by atoms with Gasteiger partial charge in [0, 0.05) is 6.54 Å². The van der Waals surface area contributed by atoms with Gasteiger partial charge in [0.05, 0.1) is 6.54 Å². The van der Waals surface area contributed by atoms with Crippen LogP contribution in [0.5, 0.6) is 0 Å². The number of carbonyl (C=O) groups excluding carboxylic acids is 1. The molecule has 0 spiro atoms. The highest BCUT2D eigenvalue weighted by Crippen LogP contribution is 2.06. The van der Waals surface area contributed by atoms with Crippen molar-refractivity contribution in [2.75, 3.05) is 13.1 Å². The van der Waals surface area contributed by atoms with Gasteiger partial charge in [0.15, 0.2) is 0 Å². The second-order valence-electron chi connectivity index (χ2n) is 2.75. The molecule has 3 heteroatoms. The Kier molecular flexibility index (Phi) is 6.38. The zero-order chi connectivity index (χ0) is 9.40. The van der Waals surface area contributed by atoms with Gasteiger partial charge in [-0.05, 0) is 18.8 Å². The minimum absolute atomic E-state index is 0.0743. The smallest absolute Gasteiger partial charge is 0.233 e. The van der Waals surface area contributed by atoms with Gasteiger partial charge in [0.2, 0.25) is 5.91 Å². The summed E-state index contributed by atoms with van der Waals surface area (Å²) in [5.41, 5.74) is 5.12. The van der Waals surface area contributed by atoms with E-state index in [4.69, 9.17) is 5.73 Å². The summed E-state index contributed by atoms with van der Waals surface area (Å²) in [7, 11) is 0. The molecule has 3 nitrogen and oxygen atoms in total. The van der Waals surface area contributed by atoms with Crippen molar-refractivity contribution in [1.82, 2.24) is 5.32 Å². The molecule has 1 amide bonds. The number of nitrogens with one attached hydrogen (secondary N) is 1. The van der Waals surface area contributed by atoms with Crippen LogP contribution in [-0.2, 0) is 4.79 Å². The van der Waals surface area contributed by atoms with Crippen molar-refractivity contribution in [3.05, 3.63) is 12.7 Å². The van der Waals surface area contributed by atoms with E-state index in [-0.39, 0.29) is 12.5 Å². The fourth-order valence-electron chi connectivity index (χ4n) is 0.958. The van der Waals surface area contributed by atoms with Crippen LogP contribution in [0, 0.1) is 5.92 Å². The van der Waals surface area contributed by atoms with Gasteiger partial charge in [-0.3, -0.25) is 4.79 Å². The van der Waals surface area contributed by atoms with Crippen LogP contribution in [0.15, 0.2) is 12.7 Å². The highest BCUT2D eigenvalue weighted by Gasteiger charge is 2.01. The zero-order valence-electron chi connectivity index (χ0n) is 7.68. The third-order valence-electron chi connectivity index (χ3n) is 1.88. The normalized spacial score (nSPS) is 12.2. The monoisotopic (exact) mass is 170 g/mol. The highest BCUT2D eigenvalue weighted by atomic mass is 16.1. The minimum atomic E-state index is -0.0890. The van der Waals surface area contributed by atoms with E-state index in [9.17, 15) is 4.79 Å². The molecule has 0 unspecified atom stereocenters. The van der Waals surface area contributed by atoms with Crippen LogP contribution in [0.1, 0.15) is 19.8 Å². The van der Waals surface area contributed by atoms with E-state index in [1.54, 1.807) is 0 Å². The lowest BCUT2D eigenvalue weighted by Gasteiger charge is -2.09. The van der Waals surface area contributed by atoms with Gasteiger partial charge in [-0.25, -0.2) is 0 Å². The number of nitrogens with two attached hydrogens (primary N) is 1. The molecule has 0 aliphatic carbocycles. The standard InChI is InChI=1S/C9H18N2O/c1-3-8(4-2)5-6-11-9(12)7-10/h3,8H,1,4-7,10H2,2H3,(H,11,12)/t8-/m1/s1. The number of carbonyl (C=O) groups is 1. The zero-order valence-corrected chi connectivity index (χ0v) is 7.68. The lowest BCUT2D eigenvalue weighted by Crippen LogP contribution is -2.31. The van der Waals surface area contributed by atoms with Crippen LogP contribution in [0.2, 0.25) is 0 Å². The molecule has 12 heavy (non-hydrogen) atoms. The second kappa shape index (κ2) is 6.85. The molecule has 1 atom stereocenters. The first-order valence-electron chi connectivity index (χ1n) is 4.33. The van der Waals surface area contributed by atoms with E-state index in [1.165, 1.54) is 0 Å². The summed E-state index contributed by atoms with van der Waals surface area (Å²) in [5, 5.41) is 2.72. The lowest BCUT2D eigenvalue weighted by molar-refractivity contribution is -0.119. The van der Waals surface area contributed by atoms with Crippen molar-refractivity contribution < 1.29 is 4.79 Å². The summed E-state index contributed by atoms with van der Waals surface area (Å²) >= 11 is 0. The first-order chi connectivity index (χ1) is 5.74. The molecule has 0 aromatic rings. The Hall–Kier alpha value is -0.830. The quantitative estimate of drug-likeness (QED) is 0.575. The molecule has 0 aliphatic rings. The number of hydrogen-bond donors (Lipinski definition) is 2. The van der Waals surface area contributed by atoms with E-state index >= 15 is 0 Å². The average molecular weight is 170 g/mol. The fourth-order valence-corrected chi connectivity index (χ4v) is 0.958. The van der Waals surface area contributed by atoms with Crippen molar-refractivity contribution in [3.63, 3.8) is 0 Å². The van der Waals surface area contributed by atoms with E-state index in [1.807, 2.05) is 6.08 Å². The average Bonchev–Trinajstić information content (AvgIpc) is 2.12. The van der Waals surface area contributed by atoms with Crippen LogP contribution in [0.25, 0.3) is 0 Å². The molecule has 3 N–H and O–H groups in total. The van der Waals surface area contributed by atoms with Crippen molar-refractivity contribution >= 4 is 5.91 Å². The molecule has 0 saturated carbocycles. The van der Waals surface area contributed by atoms with Crippen molar-refractivity contribution in [2.45, 2.75) is 19.8 Å². The molecular formula is C9H18N2O. The van der Waals surface area contributed by atoms with Gasteiger partial charge in [-0.1, -0.05) is 13.0 Å². The third-order valence-corrected chi connectivity index (χ3v) is 1.88. The van der Waals surface area contributed by atoms with Gasteiger partial charge in [0.1, 0.15) is 0 Å². The summed E-state index contributed by atoms with van der Waals surface area (Å²) in [6.45, 7) is 6.59. The molecule has 0 aromatic carbocycles. The van der Waals surface area contributed by atoms with E-state index in [0.717, 1.165) is 12.8 Å². The summed E-state index contributed by atoms with van der Waals surface area (Å²) in [5.74, 6) is 0.414. The fraction of sp³-hybridized carbons (Fsp3) is 0.667. The van der Waals surface area contributed by atoms with Gasteiger partial charge >= 0.3 is 0 Å². The topological polar surface area (TPSA) is 55.1 Å². The first-order valence-corrected chi connectivity index (χ1v) is 4.33. The maximum Gasteiger partial charge on any atom is 0.233 e. The van der Waals surface area contributed by atoms with Crippen LogP contribution in [0.3, 0.4) is 0 Å². The predicted octanol–water partition coefficient (Wildman–Crippen LogP) is 0.664. The lowest BCUT2D eigenvalue weighted by atomic mass is 10.0. The number of amides is 1. The number of rotatable bonds is 6. The highest BCUT2D eigenvalue weighted by molar-refractivity contribution is 5.77. The SMILES string of the molecule is C=C[C@H](CC)CCNC(=O)CN. The maximum atomic E-state index is 10.7. The van der Waals surface area contributed by atoms with Crippen molar-refractivity contribution in [1.29, 1.82) is 0 Å². The first kappa shape index (κ1) is 11.2. The molecule has 0 aliphatic heterocycles. The summed E-state index contributed by atoms with van der Waals surface area (Å²) in [6, 6.07) is 0. The molecule has 0 aromatic heterocycles. The molecule has 0 fully saturated rings. The largest absolute Gasteiger partial charge is 0.355 e. The van der Waals surface area contributed by atoms with Crippen LogP contribution in [-0.4, -0.2) is 19.0 Å². The molecule has 0 bridgehead atoms. The Labute approximate surface area is 74.0 Å². The van der Waals surface area contributed by atoms with Gasteiger partial charge in [-0.15, -0.1) is 6.58 Å². The minimum Gasteiger partial charge on any atom is -0.355 e. The predicted molar refractivity (Wildman–Crippen MR) is 50.7 cm³/mol. The molecule has 0 heterocycles. The summed E-state index contributed by atoms with van der Waals surface area (Å²) in [6.07, 6.45) is 3.95. The van der Waals surface area contributed by atoms with E-state index < -0.39 is 0 Å². The Balaban J connectivity index is 3.40.